The summed E-state index contributed by atoms with van der Waals surface area (Å²) in [6, 6.07) is 11.6. The van der Waals surface area contributed by atoms with E-state index in [0.717, 1.165) is 16.6 Å². The van der Waals surface area contributed by atoms with E-state index in [1.54, 1.807) is 0 Å². The SMILES string of the molecule is CN1C(=O)CCC(NCc2ccc3ccccc3n2)C1=O. The van der Waals surface area contributed by atoms with Gasteiger partial charge < -0.3 is 5.32 Å². The van der Waals surface area contributed by atoms with E-state index < -0.39 is 0 Å². The van der Waals surface area contributed by atoms with Gasteiger partial charge in [0, 0.05) is 25.4 Å². The van der Waals surface area contributed by atoms with Crippen LogP contribution in [-0.4, -0.2) is 34.8 Å². The van der Waals surface area contributed by atoms with Gasteiger partial charge in [0.2, 0.25) is 11.8 Å². The molecule has 3 rings (SSSR count). The average Bonchev–Trinajstić information content (AvgIpc) is 2.52. The Labute approximate surface area is 123 Å². The van der Waals surface area contributed by atoms with E-state index in [9.17, 15) is 9.59 Å². The number of pyridine rings is 1. The van der Waals surface area contributed by atoms with Crippen molar-refractivity contribution in [1.82, 2.24) is 15.2 Å². The van der Waals surface area contributed by atoms with Crippen LogP contribution in [0.2, 0.25) is 0 Å². The number of nitrogens with zero attached hydrogens (tertiary/aromatic N) is 2. The zero-order valence-electron chi connectivity index (χ0n) is 11.9. The van der Waals surface area contributed by atoms with Crippen molar-refractivity contribution in [3.63, 3.8) is 0 Å². The Morgan fingerprint density at radius 2 is 2.05 bits per heavy atom. The number of para-hydroxylation sites is 1. The van der Waals surface area contributed by atoms with Gasteiger partial charge in [0.15, 0.2) is 0 Å². The average molecular weight is 283 g/mol. The molecule has 5 heteroatoms. The van der Waals surface area contributed by atoms with Gasteiger partial charge in [-0.15, -0.1) is 0 Å². The third-order valence-corrected chi connectivity index (χ3v) is 3.84. The minimum absolute atomic E-state index is 0.109. The summed E-state index contributed by atoms with van der Waals surface area (Å²) in [6.07, 6.45) is 0.959. The van der Waals surface area contributed by atoms with E-state index in [2.05, 4.69) is 10.3 Å². The van der Waals surface area contributed by atoms with Crippen molar-refractivity contribution < 1.29 is 9.59 Å². The van der Waals surface area contributed by atoms with Crippen LogP contribution in [0.15, 0.2) is 36.4 Å². The molecule has 1 atom stereocenters. The molecule has 1 fully saturated rings. The van der Waals surface area contributed by atoms with Crippen molar-refractivity contribution in [2.24, 2.45) is 0 Å². The zero-order valence-corrected chi connectivity index (χ0v) is 11.9. The Bertz CT molecular complexity index is 699. The first-order valence-electron chi connectivity index (χ1n) is 7.03. The second-order valence-corrected chi connectivity index (χ2v) is 5.26. The Balaban J connectivity index is 1.69. The van der Waals surface area contributed by atoms with Crippen molar-refractivity contribution >= 4 is 22.7 Å². The molecular weight excluding hydrogens is 266 g/mol. The fourth-order valence-corrected chi connectivity index (χ4v) is 2.54. The molecule has 1 aliphatic heterocycles. The summed E-state index contributed by atoms with van der Waals surface area (Å²) in [5.74, 6) is -0.270. The van der Waals surface area contributed by atoms with Crippen molar-refractivity contribution in [3.8, 4) is 0 Å². The minimum atomic E-state index is -0.305. The summed E-state index contributed by atoms with van der Waals surface area (Å²) in [5, 5.41) is 4.29. The van der Waals surface area contributed by atoms with E-state index in [1.807, 2.05) is 36.4 Å². The number of amides is 2. The van der Waals surface area contributed by atoms with Crippen LogP contribution in [0.3, 0.4) is 0 Å². The summed E-state index contributed by atoms with van der Waals surface area (Å²) < 4.78 is 0. The predicted octanol–water partition coefficient (Wildman–Crippen LogP) is 1.47. The van der Waals surface area contributed by atoms with E-state index in [1.165, 1.54) is 11.9 Å². The van der Waals surface area contributed by atoms with Crippen LogP contribution < -0.4 is 5.32 Å². The zero-order chi connectivity index (χ0) is 14.8. The molecule has 2 amide bonds. The smallest absolute Gasteiger partial charge is 0.246 e. The fraction of sp³-hybridized carbons (Fsp3) is 0.312. The molecule has 2 aromatic rings. The number of rotatable bonds is 3. The number of piperidine rings is 1. The number of benzene rings is 1. The third-order valence-electron chi connectivity index (χ3n) is 3.84. The van der Waals surface area contributed by atoms with Crippen LogP contribution in [0.25, 0.3) is 10.9 Å². The van der Waals surface area contributed by atoms with Crippen LogP contribution in [0.5, 0.6) is 0 Å². The Kier molecular flexibility index (Phi) is 3.66. The van der Waals surface area contributed by atoms with Gasteiger partial charge >= 0.3 is 0 Å². The van der Waals surface area contributed by atoms with Gasteiger partial charge in [0.05, 0.1) is 17.3 Å². The fourth-order valence-electron chi connectivity index (χ4n) is 2.54. The molecule has 1 unspecified atom stereocenters. The first-order valence-corrected chi connectivity index (χ1v) is 7.03. The first-order chi connectivity index (χ1) is 10.1. The van der Waals surface area contributed by atoms with E-state index in [-0.39, 0.29) is 17.9 Å². The number of likely N-dealkylation sites (N-methyl/N-ethyl adjacent to an activating group) is 1. The summed E-state index contributed by atoms with van der Waals surface area (Å²) in [5.41, 5.74) is 1.83. The number of aromatic nitrogens is 1. The number of hydrogen-bond acceptors (Lipinski definition) is 4. The van der Waals surface area contributed by atoms with Crippen LogP contribution in [-0.2, 0) is 16.1 Å². The maximum absolute atomic E-state index is 12.0. The lowest BCUT2D eigenvalue weighted by molar-refractivity contribution is -0.148. The lowest BCUT2D eigenvalue weighted by atomic mass is 10.0. The molecule has 0 bridgehead atoms. The molecule has 1 saturated heterocycles. The highest BCUT2D eigenvalue weighted by atomic mass is 16.2. The molecule has 1 aromatic heterocycles. The van der Waals surface area contributed by atoms with Gasteiger partial charge in [0.25, 0.3) is 0 Å². The molecule has 0 spiro atoms. The number of nitrogens with one attached hydrogen (secondary N) is 1. The second kappa shape index (κ2) is 5.61. The summed E-state index contributed by atoms with van der Waals surface area (Å²) >= 11 is 0. The number of imide groups is 1. The third kappa shape index (κ3) is 2.78. The molecular formula is C16H17N3O2. The quantitative estimate of drug-likeness (QED) is 0.867. The maximum Gasteiger partial charge on any atom is 0.246 e. The van der Waals surface area contributed by atoms with Crippen molar-refractivity contribution in [2.45, 2.75) is 25.4 Å². The number of carbonyl (C=O) groups excluding carboxylic acids is 2. The molecule has 1 aliphatic rings. The predicted molar refractivity (Wildman–Crippen MR) is 79.4 cm³/mol. The first kappa shape index (κ1) is 13.7. The highest BCUT2D eigenvalue weighted by Crippen LogP contribution is 2.14. The molecule has 0 saturated carbocycles. The monoisotopic (exact) mass is 283 g/mol. The Morgan fingerprint density at radius 1 is 1.24 bits per heavy atom. The second-order valence-electron chi connectivity index (χ2n) is 5.26. The van der Waals surface area contributed by atoms with Crippen molar-refractivity contribution in [1.29, 1.82) is 0 Å². The molecule has 1 N–H and O–H groups in total. The maximum atomic E-state index is 12.0. The Hall–Kier alpha value is -2.27. The highest BCUT2D eigenvalue weighted by molar-refractivity contribution is 6.00. The standard InChI is InChI=1S/C16H17N3O2/c1-19-15(20)9-8-14(16(19)21)17-10-12-7-6-11-4-2-3-5-13(11)18-12/h2-7,14,17H,8-10H2,1H3. The van der Waals surface area contributed by atoms with Gasteiger partial charge in [0.1, 0.15) is 0 Å². The normalized spacial score (nSPS) is 19.3. The largest absolute Gasteiger partial charge is 0.300 e. The van der Waals surface area contributed by atoms with Gasteiger partial charge in [-0.25, -0.2) is 0 Å². The number of likely N-dealkylation sites (tertiary alicyclic amines) is 1. The van der Waals surface area contributed by atoms with Gasteiger partial charge in [-0.05, 0) is 18.6 Å². The lowest BCUT2D eigenvalue weighted by Gasteiger charge is -2.28. The van der Waals surface area contributed by atoms with E-state index in [4.69, 9.17) is 0 Å². The Morgan fingerprint density at radius 3 is 2.90 bits per heavy atom. The summed E-state index contributed by atoms with van der Waals surface area (Å²) in [7, 11) is 1.53. The minimum Gasteiger partial charge on any atom is -0.300 e. The molecule has 1 aromatic carbocycles. The summed E-state index contributed by atoms with van der Waals surface area (Å²) in [6.45, 7) is 0.517. The van der Waals surface area contributed by atoms with Crippen LogP contribution >= 0.6 is 0 Å². The van der Waals surface area contributed by atoms with Crippen LogP contribution in [0.4, 0.5) is 0 Å². The topological polar surface area (TPSA) is 62.3 Å². The molecule has 5 nitrogen and oxygen atoms in total. The number of hydrogen-bond donors (Lipinski definition) is 1. The molecule has 2 heterocycles. The molecule has 0 radical (unpaired) electrons. The molecule has 0 aliphatic carbocycles. The van der Waals surface area contributed by atoms with Gasteiger partial charge in [-0.2, -0.15) is 0 Å². The van der Waals surface area contributed by atoms with Gasteiger partial charge in [-0.1, -0.05) is 24.3 Å². The highest BCUT2D eigenvalue weighted by Gasteiger charge is 2.31. The van der Waals surface area contributed by atoms with Gasteiger partial charge in [-0.3, -0.25) is 19.5 Å². The van der Waals surface area contributed by atoms with E-state index in [0.29, 0.717) is 19.4 Å². The van der Waals surface area contributed by atoms with Crippen LogP contribution in [0.1, 0.15) is 18.5 Å². The van der Waals surface area contributed by atoms with Crippen molar-refractivity contribution in [2.75, 3.05) is 7.05 Å². The number of carbonyl (C=O) groups is 2. The number of fused-ring (bicyclic) bond motifs is 1. The molecule has 21 heavy (non-hydrogen) atoms. The molecule has 108 valence electrons. The summed E-state index contributed by atoms with van der Waals surface area (Å²) in [4.78, 5) is 29.2. The van der Waals surface area contributed by atoms with Crippen molar-refractivity contribution in [3.05, 3.63) is 42.1 Å². The lowest BCUT2D eigenvalue weighted by Crippen LogP contribution is -2.51. The van der Waals surface area contributed by atoms with E-state index >= 15 is 0 Å². The van der Waals surface area contributed by atoms with Crippen LogP contribution in [0, 0.1) is 0 Å².